The van der Waals surface area contributed by atoms with Crippen LogP contribution < -0.4 is 5.32 Å². The third kappa shape index (κ3) is 4.97. The lowest BCUT2D eigenvalue weighted by Gasteiger charge is -2.64. The molecule has 1 aromatic carbocycles. The highest BCUT2D eigenvalue weighted by atomic mass is 16.7. The lowest BCUT2D eigenvalue weighted by molar-refractivity contribution is -0.276. The topological polar surface area (TPSA) is 105 Å². The van der Waals surface area contributed by atoms with E-state index in [0.717, 1.165) is 37.0 Å². The second-order valence-corrected chi connectivity index (χ2v) is 14.5. The molecule has 0 saturated heterocycles. The van der Waals surface area contributed by atoms with Crippen LogP contribution in [0.1, 0.15) is 85.4 Å². The van der Waals surface area contributed by atoms with Crippen LogP contribution in [-0.2, 0) is 30.8 Å². The summed E-state index contributed by atoms with van der Waals surface area (Å²) in [6.45, 7) is 15.7. The summed E-state index contributed by atoms with van der Waals surface area (Å²) in [5.41, 5.74) is 5.58. The zero-order valence-electron chi connectivity index (χ0n) is 27.5. The minimum atomic E-state index is -0.888. The number of aromatic nitrogens is 1. The summed E-state index contributed by atoms with van der Waals surface area (Å²) in [4.78, 5) is 21.7. The number of hydrogen-bond acceptors (Lipinski definition) is 6. The smallest absolute Gasteiger partial charge is 0.246 e. The van der Waals surface area contributed by atoms with Crippen molar-refractivity contribution in [3.05, 3.63) is 47.2 Å². The second-order valence-electron chi connectivity index (χ2n) is 14.5. The summed E-state index contributed by atoms with van der Waals surface area (Å²) in [7, 11) is 0. The van der Waals surface area contributed by atoms with Crippen LogP contribution in [0.15, 0.2) is 40.9 Å². The fourth-order valence-electron chi connectivity index (χ4n) is 9.14. The lowest BCUT2D eigenvalue weighted by Crippen LogP contribution is -2.66. The fraction of sp³-hybridized carbons (Fsp3) is 0.667. The number of para-hydroxylation sites is 1. The van der Waals surface area contributed by atoms with E-state index in [0.29, 0.717) is 18.9 Å². The Balaban J connectivity index is 1.50. The van der Waals surface area contributed by atoms with Gasteiger partial charge in [-0.3, -0.25) is 9.79 Å². The van der Waals surface area contributed by atoms with Gasteiger partial charge in [-0.15, -0.1) is 0 Å². The molecule has 3 aliphatic carbocycles. The molecule has 6 rings (SSSR count). The minimum absolute atomic E-state index is 0.0209. The predicted molar refractivity (Wildman–Crippen MR) is 173 cm³/mol. The molecule has 1 amide bonds. The van der Waals surface area contributed by atoms with E-state index in [-0.39, 0.29) is 60.2 Å². The molecule has 8 nitrogen and oxygen atoms in total. The van der Waals surface area contributed by atoms with Crippen LogP contribution in [-0.4, -0.2) is 71.6 Å². The summed E-state index contributed by atoms with van der Waals surface area (Å²) in [5, 5.41) is 13.8. The number of aliphatic hydroxyl groups is 1. The molecule has 2 aromatic rings. The maximum Gasteiger partial charge on any atom is 0.246 e. The first-order valence-corrected chi connectivity index (χ1v) is 16.7. The van der Waals surface area contributed by atoms with Gasteiger partial charge in [-0.25, -0.2) is 0 Å². The normalized spacial score (nSPS) is 35.4. The zero-order chi connectivity index (χ0) is 31.4. The molecular formula is C36H51N3O5. The molecule has 4 unspecified atom stereocenters. The number of fused-ring (bicyclic) bond motifs is 9. The van der Waals surface area contributed by atoms with Gasteiger partial charge in [0, 0.05) is 53.5 Å². The third-order valence-corrected chi connectivity index (χ3v) is 11.1. The first kappa shape index (κ1) is 31.5. The molecule has 3 N–H and O–H groups in total. The number of aromatic amines is 1. The molecule has 2 saturated carbocycles. The average molecular weight is 606 g/mol. The Labute approximate surface area is 262 Å². The highest BCUT2D eigenvalue weighted by molar-refractivity contribution is 6.00. The molecule has 0 radical (unpaired) electrons. The molecule has 0 bridgehead atoms. The molecule has 2 fully saturated rings. The number of nitrogens with one attached hydrogen (secondary N) is 2. The Hall–Kier alpha value is -2.52. The van der Waals surface area contributed by atoms with Crippen LogP contribution in [0.3, 0.4) is 0 Å². The molecule has 44 heavy (non-hydrogen) atoms. The van der Waals surface area contributed by atoms with Crippen molar-refractivity contribution in [3.63, 3.8) is 0 Å². The monoisotopic (exact) mass is 605 g/mol. The number of rotatable bonds is 9. The number of ether oxygens (including phenoxy) is 3. The number of aliphatic hydroxyl groups excluding tert-OH is 1. The van der Waals surface area contributed by atoms with E-state index in [4.69, 9.17) is 19.2 Å². The Bertz CT molecular complexity index is 1460. The number of aliphatic imine (C=N–C) groups is 1. The standard InChI is InChI=1S/C36H51N3O5/c1-21(2)38-31(41)20-42-30-18-24-17-26-25-11-8-9-12-28(25)39-33(26)35(24,7)34(6)13-14-36(43-22(3)4)27(32(30)34)19-29(23(5)44-36)37-15-10-16-40/h8-9,11-12,19,21-24,30,32,39-40H,10,13-18,20H2,1-7H3,(H,38,41)/t23?,24-,30+,32?,34?,35-,36?/m1/s1. The SMILES string of the molecule is CC(C)NC(=O)CO[C@H]1C[C@H]2Cc3c([nH]c4ccccc34)[C@]2(C)C2(C)CCC3(OC(C)C)OC(C)C(=NCCCO)C=C3C12. The quantitative estimate of drug-likeness (QED) is 0.322. The second kappa shape index (κ2) is 11.7. The first-order valence-electron chi connectivity index (χ1n) is 16.7. The van der Waals surface area contributed by atoms with E-state index in [9.17, 15) is 9.90 Å². The number of amides is 1. The molecule has 8 heteroatoms. The molecule has 1 aliphatic heterocycles. The van der Waals surface area contributed by atoms with Crippen molar-refractivity contribution in [1.82, 2.24) is 10.3 Å². The van der Waals surface area contributed by atoms with Gasteiger partial charge in [0.1, 0.15) is 6.61 Å². The Morgan fingerprint density at radius 3 is 2.70 bits per heavy atom. The van der Waals surface area contributed by atoms with Crippen molar-refractivity contribution in [1.29, 1.82) is 0 Å². The average Bonchev–Trinajstić information content (AvgIpc) is 3.46. The van der Waals surface area contributed by atoms with Gasteiger partial charge in [0.2, 0.25) is 5.91 Å². The van der Waals surface area contributed by atoms with E-state index in [1.165, 1.54) is 22.2 Å². The summed E-state index contributed by atoms with van der Waals surface area (Å²) in [6, 6.07) is 8.71. The minimum Gasteiger partial charge on any atom is -0.396 e. The van der Waals surface area contributed by atoms with Gasteiger partial charge < -0.3 is 29.6 Å². The number of carbonyl (C=O) groups excluding carboxylic acids is 1. The van der Waals surface area contributed by atoms with Crippen LogP contribution >= 0.6 is 0 Å². The number of hydrogen-bond donors (Lipinski definition) is 3. The van der Waals surface area contributed by atoms with Gasteiger partial charge in [-0.05, 0) is 94.9 Å². The number of H-pyrrole nitrogens is 1. The van der Waals surface area contributed by atoms with Crippen molar-refractivity contribution in [2.45, 2.75) is 116 Å². The van der Waals surface area contributed by atoms with Crippen molar-refractivity contribution < 1.29 is 24.1 Å². The van der Waals surface area contributed by atoms with Gasteiger partial charge in [-0.2, -0.15) is 0 Å². The number of carbonyl (C=O) groups is 1. The van der Waals surface area contributed by atoms with Crippen molar-refractivity contribution >= 4 is 22.5 Å². The van der Waals surface area contributed by atoms with Crippen LogP contribution in [0.25, 0.3) is 10.9 Å². The Morgan fingerprint density at radius 2 is 1.98 bits per heavy atom. The molecule has 7 atom stereocenters. The van der Waals surface area contributed by atoms with E-state index in [1.807, 2.05) is 20.8 Å². The van der Waals surface area contributed by atoms with E-state index < -0.39 is 5.79 Å². The van der Waals surface area contributed by atoms with Gasteiger partial charge >= 0.3 is 0 Å². The fourth-order valence-corrected chi connectivity index (χ4v) is 9.14. The number of benzene rings is 1. The van der Waals surface area contributed by atoms with E-state index >= 15 is 0 Å². The highest BCUT2D eigenvalue weighted by Crippen LogP contribution is 2.69. The van der Waals surface area contributed by atoms with Gasteiger partial charge in [0.05, 0.1) is 24.0 Å². The predicted octanol–water partition coefficient (Wildman–Crippen LogP) is 5.62. The molecular weight excluding hydrogens is 554 g/mol. The molecule has 1 aromatic heterocycles. The molecule has 4 aliphatic rings. The van der Waals surface area contributed by atoms with Crippen molar-refractivity contribution in [2.75, 3.05) is 19.8 Å². The van der Waals surface area contributed by atoms with Crippen molar-refractivity contribution in [2.24, 2.45) is 22.2 Å². The third-order valence-electron chi connectivity index (χ3n) is 11.1. The van der Waals surface area contributed by atoms with E-state index in [1.54, 1.807) is 0 Å². The number of nitrogens with zero attached hydrogens (tertiary/aromatic N) is 1. The van der Waals surface area contributed by atoms with Crippen LogP contribution in [0.4, 0.5) is 0 Å². The molecule has 240 valence electrons. The lowest BCUT2D eigenvalue weighted by atomic mass is 9.43. The summed E-state index contributed by atoms with van der Waals surface area (Å²) < 4.78 is 20.4. The largest absolute Gasteiger partial charge is 0.396 e. The Morgan fingerprint density at radius 1 is 1.20 bits per heavy atom. The highest BCUT2D eigenvalue weighted by Gasteiger charge is 2.69. The van der Waals surface area contributed by atoms with Crippen LogP contribution in [0.2, 0.25) is 0 Å². The van der Waals surface area contributed by atoms with Gasteiger partial charge in [0.15, 0.2) is 5.79 Å². The van der Waals surface area contributed by atoms with Crippen molar-refractivity contribution in [3.8, 4) is 0 Å². The summed E-state index contributed by atoms with van der Waals surface area (Å²) in [5.74, 6) is -0.670. The summed E-state index contributed by atoms with van der Waals surface area (Å²) >= 11 is 0. The van der Waals surface area contributed by atoms with Gasteiger partial charge in [0.25, 0.3) is 0 Å². The Kier molecular flexibility index (Phi) is 8.36. The van der Waals surface area contributed by atoms with Crippen LogP contribution in [0, 0.1) is 17.3 Å². The van der Waals surface area contributed by atoms with E-state index in [2.05, 4.69) is 68.3 Å². The first-order chi connectivity index (χ1) is 20.9. The maximum atomic E-state index is 12.9. The zero-order valence-corrected chi connectivity index (χ0v) is 27.5. The maximum absolute atomic E-state index is 12.9. The van der Waals surface area contributed by atoms with Gasteiger partial charge in [-0.1, -0.05) is 32.0 Å². The summed E-state index contributed by atoms with van der Waals surface area (Å²) in [6.07, 6.45) is 5.81. The molecule has 2 heterocycles. The molecule has 0 spiro atoms. The van der Waals surface area contributed by atoms with Crippen LogP contribution in [0.5, 0.6) is 0 Å².